The minimum absolute atomic E-state index is 0.125. The van der Waals surface area contributed by atoms with Crippen LogP contribution < -0.4 is 10.0 Å². The number of para-hydroxylation sites is 1. The first-order valence-electron chi connectivity index (χ1n) is 9.41. The lowest BCUT2D eigenvalue weighted by Crippen LogP contribution is -2.40. The molecule has 1 aliphatic rings. The van der Waals surface area contributed by atoms with Gasteiger partial charge < -0.3 is 10.2 Å². The number of benzene rings is 2. The number of hydrogen-bond donors (Lipinski definition) is 2. The first kappa shape index (κ1) is 21.5. The molecule has 9 heteroatoms. The molecule has 1 heterocycles. The maximum Gasteiger partial charge on any atom is 0.263 e. The molecule has 2 aromatic rings. The molecule has 1 aliphatic heterocycles. The van der Waals surface area contributed by atoms with Crippen LogP contribution in [0.1, 0.15) is 23.6 Å². The van der Waals surface area contributed by atoms with Crippen LogP contribution in [0.25, 0.3) is 0 Å². The van der Waals surface area contributed by atoms with Gasteiger partial charge in [-0.05, 0) is 44.0 Å². The van der Waals surface area contributed by atoms with Crippen LogP contribution in [0.15, 0.2) is 52.4 Å². The van der Waals surface area contributed by atoms with Crippen molar-refractivity contribution in [2.24, 2.45) is 4.99 Å². The Morgan fingerprint density at radius 1 is 1.10 bits per heavy atom. The summed E-state index contributed by atoms with van der Waals surface area (Å²) in [5, 5.41) is 2.84. The maximum atomic E-state index is 12.7. The normalized spacial score (nSPS) is 16.5. The molecule has 0 saturated carbocycles. The van der Waals surface area contributed by atoms with Crippen LogP contribution in [-0.2, 0) is 19.6 Å². The molecule has 0 spiro atoms. The molecule has 3 rings (SSSR count). The highest BCUT2D eigenvalue weighted by atomic mass is 32.2. The number of carbonyl (C=O) groups excluding carboxylic acids is 2. The summed E-state index contributed by atoms with van der Waals surface area (Å²) in [6, 6.07) is 11.3. The summed E-state index contributed by atoms with van der Waals surface area (Å²) in [6.07, 6.45) is 0. The van der Waals surface area contributed by atoms with E-state index in [9.17, 15) is 18.0 Å². The predicted octanol–water partition coefficient (Wildman–Crippen LogP) is 1.83. The Hall–Kier alpha value is -3.20. The molecule has 1 atom stereocenters. The lowest BCUT2D eigenvalue weighted by molar-refractivity contribution is -0.134. The number of sulfonamides is 1. The van der Waals surface area contributed by atoms with E-state index in [4.69, 9.17) is 0 Å². The summed E-state index contributed by atoms with van der Waals surface area (Å²) >= 11 is 0. The molecule has 0 bridgehead atoms. The van der Waals surface area contributed by atoms with Crippen LogP contribution in [0, 0.1) is 13.8 Å². The van der Waals surface area contributed by atoms with Gasteiger partial charge in [-0.25, -0.2) is 8.42 Å². The smallest absolute Gasteiger partial charge is 0.263 e. The number of hydrogen-bond acceptors (Lipinski definition) is 5. The van der Waals surface area contributed by atoms with Crippen LogP contribution in [-0.4, -0.2) is 50.6 Å². The van der Waals surface area contributed by atoms with Crippen LogP contribution in [0.4, 0.5) is 5.69 Å². The zero-order chi connectivity index (χ0) is 22.1. The SMILES string of the molecule is Cc1cccc(C)c1NC(=O)CN(C)C(=O)[C@H](C)N=C1NS(=O)(=O)c2ccccc21. The van der Waals surface area contributed by atoms with E-state index < -0.39 is 22.0 Å². The molecule has 2 N–H and O–H groups in total. The molecule has 0 aliphatic carbocycles. The molecule has 30 heavy (non-hydrogen) atoms. The van der Waals surface area contributed by atoms with Gasteiger partial charge in [-0.3, -0.25) is 19.3 Å². The lowest BCUT2D eigenvalue weighted by Gasteiger charge is -2.20. The van der Waals surface area contributed by atoms with Crippen molar-refractivity contribution in [1.82, 2.24) is 9.62 Å². The molecule has 0 saturated heterocycles. The van der Waals surface area contributed by atoms with E-state index >= 15 is 0 Å². The van der Waals surface area contributed by atoms with Crippen LogP contribution in [0.3, 0.4) is 0 Å². The number of likely N-dealkylation sites (N-methyl/N-ethyl adjacent to an activating group) is 1. The second-order valence-corrected chi connectivity index (χ2v) is 8.92. The minimum atomic E-state index is -3.68. The zero-order valence-electron chi connectivity index (χ0n) is 17.3. The molecule has 0 unspecified atom stereocenters. The Labute approximate surface area is 176 Å². The van der Waals surface area contributed by atoms with E-state index in [-0.39, 0.29) is 23.2 Å². The van der Waals surface area contributed by atoms with E-state index in [1.54, 1.807) is 25.1 Å². The van der Waals surface area contributed by atoms with E-state index in [2.05, 4.69) is 15.0 Å². The summed E-state index contributed by atoms with van der Waals surface area (Å²) in [5.74, 6) is -0.599. The standard InChI is InChI=1S/C21H24N4O4S/c1-13-8-7-9-14(2)19(13)23-18(26)12-25(4)21(27)15(3)22-20-16-10-5-6-11-17(16)30(28,29)24-20/h5-11,15H,12H2,1-4H3,(H,22,24)(H,23,26)/t15-/m0/s1. The van der Waals surface area contributed by atoms with Gasteiger partial charge in [-0.1, -0.05) is 30.3 Å². The van der Waals surface area contributed by atoms with E-state index in [0.29, 0.717) is 5.56 Å². The number of aliphatic imine (C=N–C) groups is 1. The average Bonchev–Trinajstić information content (AvgIpc) is 2.94. The summed E-state index contributed by atoms with van der Waals surface area (Å²) in [7, 11) is -2.17. The van der Waals surface area contributed by atoms with Gasteiger partial charge in [-0.2, -0.15) is 0 Å². The topological polar surface area (TPSA) is 108 Å². The van der Waals surface area contributed by atoms with Gasteiger partial charge in [0, 0.05) is 18.3 Å². The molecular formula is C21H24N4O4S. The quantitative estimate of drug-likeness (QED) is 0.757. The Bertz CT molecular complexity index is 1120. The van der Waals surface area contributed by atoms with E-state index in [1.165, 1.54) is 18.0 Å². The zero-order valence-corrected chi connectivity index (χ0v) is 18.1. The summed E-state index contributed by atoms with van der Waals surface area (Å²) in [5.41, 5.74) is 3.02. The fraction of sp³-hybridized carbons (Fsp3) is 0.286. The first-order valence-corrected chi connectivity index (χ1v) is 10.9. The lowest BCUT2D eigenvalue weighted by atomic mass is 10.1. The van der Waals surface area contributed by atoms with Gasteiger partial charge in [0.1, 0.15) is 11.9 Å². The molecule has 8 nitrogen and oxygen atoms in total. The highest BCUT2D eigenvalue weighted by molar-refractivity contribution is 7.90. The van der Waals surface area contributed by atoms with Crippen molar-refractivity contribution in [3.05, 3.63) is 59.2 Å². The number of amidine groups is 1. The van der Waals surface area contributed by atoms with Gasteiger partial charge >= 0.3 is 0 Å². The molecule has 0 aromatic heterocycles. The second kappa shape index (κ2) is 8.27. The fourth-order valence-corrected chi connectivity index (χ4v) is 4.52. The van der Waals surface area contributed by atoms with Crippen molar-refractivity contribution in [3.63, 3.8) is 0 Å². The van der Waals surface area contributed by atoms with Crippen LogP contribution in [0.5, 0.6) is 0 Å². The second-order valence-electron chi connectivity index (χ2n) is 7.26. The maximum absolute atomic E-state index is 12.7. The van der Waals surface area contributed by atoms with Crippen LogP contribution >= 0.6 is 0 Å². The third kappa shape index (κ3) is 4.35. The van der Waals surface area contributed by atoms with Gasteiger partial charge in [0.15, 0.2) is 0 Å². The average molecular weight is 429 g/mol. The first-order chi connectivity index (χ1) is 14.1. The Balaban J connectivity index is 1.69. The number of aryl methyl sites for hydroxylation is 2. The molecule has 0 radical (unpaired) electrons. The molecule has 2 aromatic carbocycles. The summed E-state index contributed by atoms with van der Waals surface area (Å²) in [4.78, 5) is 30.8. The molecule has 0 fully saturated rings. The Morgan fingerprint density at radius 3 is 2.40 bits per heavy atom. The summed E-state index contributed by atoms with van der Waals surface area (Å²) in [6.45, 7) is 5.21. The van der Waals surface area contributed by atoms with Crippen molar-refractivity contribution in [3.8, 4) is 0 Å². The number of rotatable bonds is 5. The predicted molar refractivity (Wildman–Crippen MR) is 115 cm³/mol. The van der Waals surface area contributed by atoms with Gasteiger partial charge in [-0.15, -0.1) is 0 Å². The number of nitrogens with zero attached hydrogens (tertiary/aromatic N) is 2. The highest BCUT2D eigenvalue weighted by Crippen LogP contribution is 2.23. The highest BCUT2D eigenvalue weighted by Gasteiger charge is 2.31. The van der Waals surface area contributed by atoms with Gasteiger partial charge in [0.05, 0.1) is 11.4 Å². The van der Waals surface area contributed by atoms with Crippen LogP contribution in [0.2, 0.25) is 0 Å². The largest absolute Gasteiger partial charge is 0.335 e. The Morgan fingerprint density at radius 2 is 1.73 bits per heavy atom. The molecular weight excluding hydrogens is 404 g/mol. The van der Waals surface area contributed by atoms with E-state index in [0.717, 1.165) is 16.8 Å². The fourth-order valence-electron chi connectivity index (χ4n) is 3.28. The number of amides is 2. The molecule has 2 amide bonds. The third-order valence-electron chi connectivity index (χ3n) is 4.85. The van der Waals surface area contributed by atoms with Crippen molar-refractivity contribution < 1.29 is 18.0 Å². The van der Waals surface area contributed by atoms with E-state index in [1.807, 2.05) is 32.0 Å². The number of carbonyl (C=O) groups is 2. The van der Waals surface area contributed by atoms with Gasteiger partial charge in [0.25, 0.3) is 10.0 Å². The minimum Gasteiger partial charge on any atom is -0.335 e. The third-order valence-corrected chi connectivity index (χ3v) is 6.24. The molecule has 158 valence electrons. The van der Waals surface area contributed by atoms with Crippen molar-refractivity contribution >= 4 is 33.4 Å². The monoisotopic (exact) mass is 428 g/mol. The van der Waals surface area contributed by atoms with Crippen molar-refractivity contribution in [2.75, 3.05) is 18.9 Å². The van der Waals surface area contributed by atoms with Gasteiger partial charge in [0.2, 0.25) is 11.8 Å². The number of fused-ring (bicyclic) bond motifs is 1. The van der Waals surface area contributed by atoms with Crippen molar-refractivity contribution in [1.29, 1.82) is 0 Å². The number of nitrogens with one attached hydrogen (secondary N) is 2. The number of anilines is 1. The van der Waals surface area contributed by atoms with Crippen molar-refractivity contribution in [2.45, 2.75) is 31.7 Å². The summed E-state index contributed by atoms with van der Waals surface area (Å²) < 4.78 is 26.7. The Kier molecular flexibility index (Phi) is 5.93.